The van der Waals surface area contributed by atoms with Gasteiger partial charge in [0.25, 0.3) is 0 Å². The van der Waals surface area contributed by atoms with Gasteiger partial charge in [0.05, 0.1) is 6.61 Å². The van der Waals surface area contributed by atoms with Crippen LogP contribution in [0, 0.1) is 11.3 Å². The topological polar surface area (TPSA) is 106 Å². The number of carbonyl (C=O) groups is 1. The summed E-state index contributed by atoms with van der Waals surface area (Å²) in [5, 5.41) is 14.8. The largest absolute Gasteiger partial charge is 0.409 e. The maximum atomic E-state index is 12.3. The van der Waals surface area contributed by atoms with Crippen LogP contribution in [0.1, 0.15) is 19.8 Å². The number of amidine groups is 1. The van der Waals surface area contributed by atoms with Gasteiger partial charge in [0.15, 0.2) is 5.84 Å². The molecule has 1 saturated heterocycles. The molecule has 0 saturated carbocycles. The van der Waals surface area contributed by atoms with Crippen molar-refractivity contribution in [2.24, 2.45) is 22.2 Å². The number of amides is 1. The third-order valence-corrected chi connectivity index (χ3v) is 3.44. The molecular formula is C12H23N3O4. The Balaban J connectivity index is 2.67. The van der Waals surface area contributed by atoms with Crippen molar-refractivity contribution in [1.29, 1.82) is 0 Å². The molecule has 0 spiro atoms. The average Bonchev–Trinajstić information content (AvgIpc) is 2.44. The number of nitrogens with one attached hydrogen (secondary N) is 1. The molecule has 0 aromatic heterocycles. The highest BCUT2D eigenvalue weighted by molar-refractivity contribution is 6.06. The smallest absolute Gasteiger partial charge is 0.234 e. The van der Waals surface area contributed by atoms with E-state index in [2.05, 4.69) is 10.5 Å². The Kier molecular flexibility index (Phi) is 6.04. The van der Waals surface area contributed by atoms with Crippen LogP contribution in [-0.4, -0.2) is 50.4 Å². The molecule has 0 aromatic rings. The zero-order chi connectivity index (χ0) is 14.3. The molecule has 0 radical (unpaired) electrons. The summed E-state index contributed by atoms with van der Waals surface area (Å²) in [7, 11) is 1.62. The highest BCUT2D eigenvalue weighted by Crippen LogP contribution is 2.31. The minimum atomic E-state index is -0.959. The van der Waals surface area contributed by atoms with E-state index in [1.807, 2.05) is 6.92 Å². The van der Waals surface area contributed by atoms with E-state index in [1.54, 1.807) is 7.11 Å². The SMILES string of the molecule is COCC(C)CNC(=O)C1(C(N)=NO)CCOCC1. The van der Waals surface area contributed by atoms with Crippen LogP contribution in [-0.2, 0) is 14.3 Å². The number of rotatable bonds is 6. The van der Waals surface area contributed by atoms with Gasteiger partial charge in [0, 0.05) is 26.9 Å². The van der Waals surface area contributed by atoms with Crippen LogP contribution in [0.15, 0.2) is 5.16 Å². The second-order valence-corrected chi connectivity index (χ2v) is 4.95. The zero-order valence-electron chi connectivity index (χ0n) is 11.5. The van der Waals surface area contributed by atoms with E-state index in [1.165, 1.54) is 0 Å². The van der Waals surface area contributed by atoms with Crippen molar-refractivity contribution >= 4 is 11.7 Å². The lowest BCUT2D eigenvalue weighted by molar-refractivity contribution is -0.131. The number of nitrogens with zero attached hydrogens (tertiary/aromatic N) is 1. The lowest BCUT2D eigenvalue weighted by atomic mass is 9.78. The predicted octanol–water partition coefficient (Wildman–Crippen LogP) is -0.0717. The quantitative estimate of drug-likeness (QED) is 0.272. The first-order valence-corrected chi connectivity index (χ1v) is 6.40. The van der Waals surface area contributed by atoms with E-state index in [4.69, 9.17) is 20.4 Å². The van der Waals surface area contributed by atoms with Crippen LogP contribution in [0.5, 0.6) is 0 Å². The molecular weight excluding hydrogens is 250 g/mol. The van der Waals surface area contributed by atoms with Gasteiger partial charge in [0.2, 0.25) is 5.91 Å². The monoisotopic (exact) mass is 273 g/mol. The first kappa shape index (κ1) is 15.7. The number of hydrogen-bond donors (Lipinski definition) is 3. The number of methoxy groups -OCH3 is 1. The normalized spacial score (nSPS) is 20.8. The van der Waals surface area contributed by atoms with Crippen molar-refractivity contribution in [1.82, 2.24) is 5.32 Å². The highest BCUT2D eigenvalue weighted by Gasteiger charge is 2.44. The Morgan fingerprint density at radius 2 is 2.21 bits per heavy atom. The predicted molar refractivity (Wildman–Crippen MR) is 69.9 cm³/mol. The van der Waals surface area contributed by atoms with Gasteiger partial charge in [0.1, 0.15) is 5.41 Å². The molecule has 0 aromatic carbocycles. The van der Waals surface area contributed by atoms with E-state index < -0.39 is 5.41 Å². The summed E-state index contributed by atoms with van der Waals surface area (Å²) in [4.78, 5) is 12.3. The van der Waals surface area contributed by atoms with E-state index in [-0.39, 0.29) is 17.7 Å². The number of oxime groups is 1. The Morgan fingerprint density at radius 1 is 1.58 bits per heavy atom. The van der Waals surface area contributed by atoms with Crippen LogP contribution in [0.25, 0.3) is 0 Å². The van der Waals surface area contributed by atoms with Crippen molar-refractivity contribution in [3.05, 3.63) is 0 Å². The maximum Gasteiger partial charge on any atom is 0.234 e. The summed E-state index contributed by atoms with van der Waals surface area (Å²) in [5.74, 6) is -0.0557. The Hall–Kier alpha value is -1.34. The molecule has 0 bridgehead atoms. The van der Waals surface area contributed by atoms with Gasteiger partial charge in [-0.1, -0.05) is 12.1 Å². The van der Waals surface area contributed by atoms with E-state index in [0.717, 1.165) is 0 Å². The molecule has 1 amide bonds. The minimum Gasteiger partial charge on any atom is -0.409 e. The van der Waals surface area contributed by atoms with Crippen molar-refractivity contribution in [3.8, 4) is 0 Å². The molecule has 4 N–H and O–H groups in total. The lowest BCUT2D eigenvalue weighted by Crippen LogP contribution is -2.53. The zero-order valence-corrected chi connectivity index (χ0v) is 11.5. The van der Waals surface area contributed by atoms with Gasteiger partial charge in [-0.05, 0) is 18.8 Å². The molecule has 110 valence electrons. The summed E-state index contributed by atoms with van der Waals surface area (Å²) in [5.41, 5.74) is 4.75. The summed E-state index contributed by atoms with van der Waals surface area (Å²) >= 11 is 0. The first-order valence-electron chi connectivity index (χ1n) is 6.40. The van der Waals surface area contributed by atoms with E-state index in [0.29, 0.717) is 39.2 Å². The number of hydrogen-bond acceptors (Lipinski definition) is 5. The molecule has 1 rings (SSSR count). The Labute approximate surface area is 113 Å². The molecule has 7 heteroatoms. The molecule has 1 fully saturated rings. The van der Waals surface area contributed by atoms with Crippen LogP contribution >= 0.6 is 0 Å². The summed E-state index contributed by atoms with van der Waals surface area (Å²) < 4.78 is 10.3. The van der Waals surface area contributed by atoms with Gasteiger partial charge in [-0.3, -0.25) is 4.79 Å². The fraction of sp³-hybridized carbons (Fsp3) is 0.833. The van der Waals surface area contributed by atoms with Crippen LogP contribution in [0.3, 0.4) is 0 Å². The van der Waals surface area contributed by atoms with E-state index >= 15 is 0 Å². The molecule has 19 heavy (non-hydrogen) atoms. The van der Waals surface area contributed by atoms with Crippen molar-refractivity contribution < 1.29 is 19.5 Å². The lowest BCUT2D eigenvalue weighted by Gasteiger charge is -2.34. The fourth-order valence-corrected chi connectivity index (χ4v) is 2.19. The third-order valence-electron chi connectivity index (χ3n) is 3.44. The van der Waals surface area contributed by atoms with E-state index in [9.17, 15) is 4.79 Å². The van der Waals surface area contributed by atoms with Gasteiger partial charge in [-0.2, -0.15) is 0 Å². The molecule has 1 atom stereocenters. The second-order valence-electron chi connectivity index (χ2n) is 4.95. The number of nitrogens with two attached hydrogens (primary N) is 1. The maximum absolute atomic E-state index is 12.3. The Morgan fingerprint density at radius 3 is 2.74 bits per heavy atom. The Bertz CT molecular complexity index is 327. The number of carbonyl (C=O) groups excluding carboxylic acids is 1. The van der Waals surface area contributed by atoms with Gasteiger partial charge in [-0.25, -0.2) is 0 Å². The second kappa shape index (κ2) is 7.30. The van der Waals surface area contributed by atoms with Crippen LogP contribution < -0.4 is 11.1 Å². The number of ether oxygens (including phenoxy) is 2. The summed E-state index contributed by atoms with van der Waals surface area (Å²) in [6.45, 7) is 3.90. The summed E-state index contributed by atoms with van der Waals surface area (Å²) in [6, 6.07) is 0. The molecule has 1 aliphatic heterocycles. The van der Waals surface area contributed by atoms with Gasteiger partial charge < -0.3 is 25.7 Å². The first-order chi connectivity index (χ1) is 9.06. The minimum absolute atomic E-state index is 0.0484. The van der Waals surface area contributed by atoms with Gasteiger partial charge in [-0.15, -0.1) is 0 Å². The molecule has 1 aliphatic rings. The van der Waals surface area contributed by atoms with Gasteiger partial charge >= 0.3 is 0 Å². The standard InChI is InChI=1S/C12H23N3O4/c1-9(8-18-2)7-14-11(16)12(10(13)15-17)3-5-19-6-4-12/h9,17H,3-8H2,1-2H3,(H2,13,15)(H,14,16). The van der Waals surface area contributed by atoms with Crippen molar-refractivity contribution in [3.63, 3.8) is 0 Å². The summed E-state index contributed by atoms with van der Waals surface area (Å²) in [6.07, 6.45) is 0.848. The molecule has 7 nitrogen and oxygen atoms in total. The van der Waals surface area contributed by atoms with Crippen LogP contribution in [0.2, 0.25) is 0 Å². The van der Waals surface area contributed by atoms with Crippen LogP contribution in [0.4, 0.5) is 0 Å². The molecule has 1 heterocycles. The molecule has 0 aliphatic carbocycles. The third kappa shape index (κ3) is 3.81. The fourth-order valence-electron chi connectivity index (χ4n) is 2.19. The highest BCUT2D eigenvalue weighted by atomic mass is 16.5. The average molecular weight is 273 g/mol. The van der Waals surface area contributed by atoms with Crippen molar-refractivity contribution in [2.75, 3.05) is 33.5 Å². The van der Waals surface area contributed by atoms with Crippen molar-refractivity contribution in [2.45, 2.75) is 19.8 Å². The molecule has 1 unspecified atom stereocenters.